The van der Waals surface area contributed by atoms with Gasteiger partial charge in [0, 0.05) is 5.88 Å². The molecule has 0 heterocycles. The fraction of sp³-hybridized carbons (Fsp3) is 0.300. The SMILES string of the molecule is CC(C(=O)O)c1ccccc1CCl. The van der Waals surface area contributed by atoms with E-state index in [9.17, 15) is 4.79 Å². The van der Waals surface area contributed by atoms with Crippen LogP contribution in [0.2, 0.25) is 0 Å². The zero-order chi connectivity index (χ0) is 9.84. The van der Waals surface area contributed by atoms with Crippen LogP contribution in [0, 0.1) is 0 Å². The lowest BCUT2D eigenvalue weighted by Crippen LogP contribution is -2.09. The Kier molecular flexibility index (Phi) is 3.32. The summed E-state index contributed by atoms with van der Waals surface area (Å²) in [5, 5.41) is 8.81. The van der Waals surface area contributed by atoms with Crippen molar-refractivity contribution in [3.8, 4) is 0 Å². The zero-order valence-corrected chi connectivity index (χ0v) is 8.08. The van der Waals surface area contributed by atoms with Gasteiger partial charge in [0.25, 0.3) is 0 Å². The molecule has 0 fully saturated rings. The molecule has 0 spiro atoms. The first-order valence-corrected chi connectivity index (χ1v) is 4.57. The normalized spacial score (nSPS) is 12.5. The monoisotopic (exact) mass is 198 g/mol. The summed E-state index contributed by atoms with van der Waals surface area (Å²) in [6, 6.07) is 7.33. The van der Waals surface area contributed by atoms with Crippen LogP contribution >= 0.6 is 11.6 Å². The fourth-order valence-electron chi connectivity index (χ4n) is 1.21. The predicted molar refractivity (Wildman–Crippen MR) is 52.0 cm³/mol. The molecule has 0 aliphatic rings. The van der Waals surface area contributed by atoms with Crippen molar-refractivity contribution in [3.63, 3.8) is 0 Å². The molecule has 1 unspecified atom stereocenters. The first kappa shape index (κ1) is 10.1. The highest BCUT2D eigenvalue weighted by Crippen LogP contribution is 2.21. The molecule has 0 aromatic heterocycles. The number of aliphatic carboxylic acids is 1. The molecule has 1 N–H and O–H groups in total. The summed E-state index contributed by atoms with van der Waals surface area (Å²) in [5.41, 5.74) is 1.68. The van der Waals surface area contributed by atoms with Crippen LogP contribution in [0.1, 0.15) is 24.0 Å². The molecule has 0 radical (unpaired) electrons. The maximum Gasteiger partial charge on any atom is 0.310 e. The van der Waals surface area contributed by atoms with Gasteiger partial charge in [-0.3, -0.25) is 4.79 Å². The second kappa shape index (κ2) is 4.28. The molecule has 0 aliphatic heterocycles. The maximum atomic E-state index is 10.7. The number of benzene rings is 1. The molecule has 0 aliphatic carbocycles. The van der Waals surface area contributed by atoms with E-state index in [0.717, 1.165) is 11.1 Å². The average Bonchev–Trinajstić information content (AvgIpc) is 2.16. The van der Waals surface area contributed by atoms with Gasteiger partial charge in [0.1, 0.15) is 0 Å². The van der Waals surface area contributed by atoms with E-state index in [1.807, 2.05) is 18.2 Å². The fourth-order valence-corrected chi connectivity index (χ4v) is 1.45. The number of carboxylic acid groups (broad SMARTS) is 1. The van der Waals surface area contributed by atoms with Crippen LogP contribution < -0.4 is 0 Å². The van der Waals surface area contributed by atoms with E-state index in [4.69, 9.17) is 16.7 Å². The number of carboxylic acids is 1. The zero-order valence-electron chi connectivity index (χ0n) is 7.33. The molecular weight excluding hydrogens is 188 g/mol. The molecule has 0 bridgehead atoms. The topological polar surface area (TPSA) is 37.3 Å². The Bertz CT molecular complexity index is 310. The largest absolute Gasteiger partial charge is 0.481 e. The Morgan fingerprint density at radius 3 is 2.69 bits per heavy atom. The number of hydrogen-bond acceptors (Lipinski definition) is 1. The summed E-state index contributed by atoms with van der Waals surface area (Å²) in [7, 11) is 0. The summed E-state index contributed by atoms with van der Waals surface area (Å²) in [6.07, 6.45) is 0. The maximum absolute atomic E-state index is 10.7. The predicted octanol–water partition coefficient (Wildman–Crippen LogP) is 2.61. The third-order valence-electron chi connectivity index (χ3n) is 2.04. The third kappa shape index (κ3) is 2.22. The Labute approximate surface area is 82.2 Å². The molecule has 3 heteroatoms. The second-order valence-corrected chi connectivity index (χ2v) is 3.16. The average molecular weight is 199 g/mol. The van der Waals surface area contributed by atoms with E-state index < -0.39 is 11.9 Å². The van der Waals surface area contributed by atoms with Crippen molar-refractivity contribution in [2.45, 2.75) is 18.7 Å². The van der Waals surface area contributed by atoms with Crippen molar-refractivity contribution in [3.05, 3.63) is 35.4 Å². The van der Waals surface area contributed by atoms with E-state index in [-0.39, 0.29) is 0 Å². The molecule has 70 valence electrons. The van der Waals surface area contributed by atoms with Gasteiger partial charge in [-0.1, -0.05) is 24.3 Å². The standard InChI is InChI=1S/C10H11ClO2/c1-7(10(12)13)9-5-3-2-4-8(9)6-11/h2-5,7H,6H2,1H3,(H,12,13). The highest BCUT2D eigenvalue weighted by molar-refractivity contribution is 6.17. The van der Waals surface area contributed by atoms with Crippen LogP contribution in [-0.2, 0) is 10.7 Å². The van der Waals surface area contributed by atoms with Crippen LogP contribution in [0.4, 0.5) is 0 Å². The summed E-state index contributed by atoms with van der Waals surface area (Å²) in [5.74, 6) is -0.958. The van der Waals surface area contributed by atoms with Gasteiger partial charge in [-0.2, -0.15) is 0 Å². The first-order valence-electron chi connectivity index (χ1n) is 4.03. The van der Waals surface area contributed by atoms with Gasteiger partial charge < -0.3 is 5.11 Å². The van der Waals surface area contributed by atoms with Gasteiger partial charge in [-0.15, -0.1) is 11.6 Å². The van der Waals surface area contributed by atoms with Crippen molar-refractivity contribution in [2.24, 2.45) is 0 Å². The van der Waals surface area contributed by atoms with E-state index >= 15 is 0 Å². The van der Waals surface area contributed by atoms with Gasteiger partial charge in [-0.25, -0.2) is 0 Å². The summed E-state index contributed by atoms with van der Waals surface area (Å²) in [4.78, 5) is 10.7. The molecule has 0 amide bonds. The van der Waals surface area contributed by atoms with Gasteiger partial charge in [0.15, 0.2) is 0 Å². The first-order chi connectivity index (χ1) is 6.16. The molecule has 1 aromatic carbocycles. The van der Waals surface area contributed by atoms with Crippen LogP contribution in [0.5, 0.6) is 0 Å². The number of alkyl halides is 1. The van der Waals surface area contributed by atoms with Crippen molar-refractivity contribution in [2.75, 3.05) is 0 Å². The highest BCUT2D eigenvalue weighted by Gasteiger charge is 2.15. The highest BCUT2D eigenvalue weighted by atomic mass is 35.5. The Morgan fingerprint density at radius 1 is 1.54 bits per heavy atom. The second-order valence-electron chi connectivity index (χ2n) is 2.89. The minimum atomic E-state index is -0.822. The van der Waals surface area contributed by atoms with Gasteiger partial charge >= 0.3 is 5.97 Å². The van der Waals surface area contributed by atoms with Crippen molar-refractivity contribution in [1.82, 2.24) is 0 Å². The number of rotatable bonds is 3. The molecule has 1 aromatic rings. The van der Waals surface area contributed by atoms with E-state index in [2.05, 4.69) is 0 Å². The Hall–Kier alpha value is -1.02. The molecule has 2 nitrogen and oxygen atoms in total. The van der Waals surface area contributed by atoms with Gasteiger partial charge in [0.2, 0.25) is 0 Å². The van der Waals surface area contributed by atoms with Crippen LogP contribution in [0.15, 0.2) is 24.3 Å². The molecular formula is C10H11ClO2. The van der Waals surface area contributed by atoms with Crippen LogP contribution in [-0.4, -0.2) is 11.1 Å². The van der Waals surface area contributed by atoms with Gasteiger partial charge in [0.05, 0.1) is 5.92 Å². The van der Waals surface area contributed by atoms with Crippen molar-refractivity contribution in [1.29, 1.82) is 0 Å². The molecule has 1 rings (SSSR count). The van der Waals surface area contributed by atoms with Crippen molar-refractivity contribution < 1.29 is 9.90 Å². The summed E-state index contributed by atoms with van der Waals surface area (Å²) >= 11 is 5.69. The quantitative estimate of drug-likeness (QED) is 0.759. The number of carbonyl (C=O) groups is 1. The van der Waals surface area contributed by atoms with Gasteiger partial charge in [-0.05, 0) is 18.1 Å². The lowest BCUT2D eigenvalue weighted by Gasteiger charge is -2.10. The van der Waals surface area contributed by atoms with Crippen molar-refractivity contribution >= 4 is 17.6 Å². The lowest BCUT2D eigenvalue weighted by atomic mass is 9.97. The lowest BCUT2D eigenvalue weighted by molar-refractivity contribution is -0.138. The van der Waals surface area contributed by atoms with Crippen LogP contribution in [0.3, 0.4) is 0 Å². The van der Waals surface area contributed by atoms with E-state index in [1.54, 1.807) is 13.0 Å². The Balaban J connectivity index is 3.05. The molecule has 0 saturated carbocycles. The summed E-state index contributed by atoms with van der Waals surface area (Å²) in [6.45, 7) is 1.66. The molecule has 1 atom stereocenters. The molecule has 0 saturated heterocycles. The minimum Gasteiger partial charge on any atom is -0.481 e. The van der Waals surface area contributed by atoms with E-state index in [0.29, 0.717) is 5.88 Å². The Morgan fingerprint density at radius 2 is 2.15 bits per heavy atom. The third-order valence-corrected chi connectivity index (χ3v) is 2.32. The number of halogens is 1. The summed E-state index contributed by atoms with van der Waals surface area (Å²) < 4.78 is 0. The molecule has 13 heavy (non-hydrogen) atoms. The smallest absolute Gasteiger partial charge is 0.310 e. The minimum absolute atomic E-state index is 0.355. The van der Waals surface area contributed by atoms with Crippen LogP contribution in [0.25, 0.3) is 0 Å². The van der Waals surface area contributed by atoms with E-state index in [1.165, 1.54) is 0 Å². The number of hydrogen-bond donors (Lipinski definition) is 1.